The van der Waals surface area contributed by atoms with Crippen LogP contribution in [0.4, 0.5) is 13.2 Å². The molecular formula is C19H19F3O3. The van der Waals surface area contributed by atoms with Gasteiger partial charge in [-0.2, -0.15) is 0 Å². The Morgan fingerprint density at radius 1 is 0.880 bits per heavy atom. The highest BCUT2D eigenvalue weighted by atomic mass is 19.3. The van der Waals surface area contributed by atoms with E-state index in [-0.39, 0.29) is 19.4 Å². The second kappa shape index (κ2) is 9.71. The Morgan fingerprint density at radius 2 is 1.48 bits per heavy atom. The zero-order valence-corrected chi connectivity index (χ0v) is 13.5. The maximum absolute atomic E-state index is 13.3. The molecule has 0 aliphatic carbocycles. The van der Waals surface area contributed by atoms with Gasteiger partial charge in [0.15, 0.2) is 17.7 Å². The molecule has 0 amide bonds. The number of carbonyl (C=O) groups is 1. The highest BCUT2D eigenvalue weighted by Crippen LogP contribution is 2.27. The minimum absolute atomic E-state index is 0.0998. The molecule has 6 heteroatoms. The summed E-state index contributed by atoms with van der Waals surface area (Å²) in [5.74, 6) is -0.660. The monoisotopic (exact) mass is 352 g/mol. The molecule has 0 N–H and O–H groups in total. The van der Waals surface area contributed by atoms with Crippen molar-refractivity contribution in [2.75, 3.05) is 6.61 Å². The van der Waals surface area contributed by atoms with Gasteiger partial charge < -0.3 is 9.47 Å². The van der Waals surface area contributed by atoms with Gasteiger partial charge >= 0.3 is 0 Å². The summed E-state index contributed by atoms with van der Waals surface area (Å²) in [6.07, 6.45) is -5.58. The van der Waals surface area contributed by atoms with Crippen LogP contribution in [0.15, 0.2) is 54.6 Å². The van der Waals surface area contributed by atoms with Crippen LogP contribution in [0, 0.1) is 0 Å². The summed E-state index contributed by atoms with van der Waals surface area (Å²) in [6, 6.07) is 16.6. The van der Waals surface area contributed by atoms with E-state index < -0.39 is 18.4 Å². The van der Waals surface area contributed by atoms with E-state index in [9.17, 15) is 18.0 Å². The SMILES string of the molecule is O=C(C(F)F)C(F)CCCOc1ccccc1OCc1ccccc1. The van der Waals surface area contributed by atoms with Gasteiger partial charge in [0.05, 0.1) is 6.61 Å². The van der Waals surface area contributed by atoms with Crippen LogP contribution in [0.2, 0.25) is 0 Å². The van der Waals surface area contributed by atoms with Gasteiger partial charge in [-0.1, -0.05) is 42.5 Å². The standard InChI is InChI=1S/C19H19F3O3/c20-15(18(23)19(21)22)9-6-12-24-16-10-4-5-11-17(16)25-13-14-7-2-1-3-8-14/h1-5,7-8,10-11,15,19H,6,9,12-13H2. The van der Waals surface area contributed by atoms with Gasteiger partial charge in [0.2, 0.25) is 5.78 Å². The number of ether oxygens (including phenoxy) is 2. The molecule has 0 aromatic heterocycles. The van der Waals surface area contributed by atoms with Crippen LogP contribution in [0.3, 0.4) is 0 Å². The third-order valence-corrected chi connectivity index (χ3v) is 3.47. The van der Waals surface area contributed by atoms with Crippen molar-refractivity contribution in [1.29, 1.82) is 0 Å². The fraction of sp³-hybridized carbons (Fsp3) is 0.316. The lowest BCUT2D eigenvalue weighted by Crippen LogP contribution is -2.23. The Kier molecular flexibility index (Phi) is 7.32. The Balaban J connectivity index is 1.81. The van der Waals surface area contributed by atoms with Gasteiger partial charge in [0, 0.05) is 0 Å². The molecule has 2 aromatic carbocycles. The first-order valence-electron chi connectivity index (χ1n) is 7.92. The lowest BCUT2D eigenvalue weighted by atomic mass is 10.1. The van der Waals surface area contributed by atoms with E-state index in [2.05, 4.69) is 0 Å². The van der Waals surface area contributed by atoms with Crippen molar-refractivity contribution in [3.63, 3.8) is 0 Å². The summed E-state index contributed by atoms with van der Waals surface area (Å²) in [6.45, 7) is 0.472. The van der Waals surface area contributed by atoms with E-state index in [1.807, 2.05) is 30.3 Å². The average molecular weight is 352 g/mol. The molecule has 2 aromatic rings. The van der Waals surface area contributed by atoms with Gasteiger partial charge in [0.1, 0.15) is 6.61 Å². The molecule has 0 radical (unpaired) electrons. The van der Waals surface area contributed by atoms with Crippen LogP contribution >= 0.6 is 0 Å². The molecule has 25 heavy (non-hydrogen) atoms. The topological polar surface area (TPSA) is 35.5 Å². The molecular weight excluding hydrogens is 333 g/mol. The van der Waals surface area contributed by atoms with Gasteiger partial charge in [-0.25, -0.2) is 13.2 Å². The van der Waals surface area contributed by atoms with Gasteiger partial charge in [-0.05, 0) is 30.5 Å². The van der Waals surface area contributed by atoms with Crippen LogP contribution < -0.4 is 9.47 Å². The molecule has 1 unspecified atom stereocenters. The Hall–Kier alpha value is -2.50. The fourth-order valence-electron chi connectivity index (χ4n) is 2.15. The second-order valence-electron chi connectivity index (χ2n) is 5.38. The Bertz CT molecular complexity index is 662. The summed E-state index contributed by atoms with van der Waals surface area (Å²) in [5.41, 5.74) is 1.00. The molecule has 2 rings (SSSR count). The minimum atomic E-state index is -3.27. The summed E-state index contributed by atoms with van der Waals surface area (Å²) in [4.78, 5) is 10.8. The number of benzene rings is 2. The molecule has 1 atom stereocenters. The van der Waals surface area contributed by atoms with Crippen molar-refractivity contribution in [3.8, 4) is 11.5 Å². The number of hydrogen-bond acceptors (Lipinski definition) is 3. The molecule has 3 nitrogen and oxygen atoms in total. The first-order valence-corrected chi connectivity index (χ1v) is 7.92. The average Bonchev–Trinajstić information content (AvgIpc) is 2.64. The fourth-order valence-corrected chi connectivity index (χ4v) is 2.15. The zero-order chi connectivity index (χ0) is 18.1. The summed E-state index contributed by atoms with van der Waals surface area (Å²) >= 11 is 0. The van der Waals surface area contributed by atoms with Crippen molar-refractivity contribution in [3.05, 3.63) is 60.2 Å². The first-order chi connectivity index (χ1) is 12.1. The quantitative estimate of drug-likeness (QED) is 0.587. The predicted molar refractivity (Wildman–Crippen MR) is 87.9 cm³/mol. The van der Waals surface area contributed by atoms with Crippen LogP contribution in [0.5, 0.6) is 11.5 Å². The van der Waals surface area contributed by atoms with Crippen LogP contribution in [0.25, 0.3) is 0 Å². The van der Waals surface area contributed by atoms with E-state index >= 15 is 0 Å². The Labute approximate surface area is 144 Å². The number of ketones is 1. The van der Waals surface area contributed by atoms with E-state index in [1.165, 1.54) is 0 Å². The van der Waals surface area contributed by atoms with E-state index in [0.717, 1.165) is 5.56 Å². The van der Waals surface area contributed by atoms with Crippen molar-refractivity contribution >= 4 is 5.78 Å². The Morgan fingerprint density at radius 3 is 2.12 bits per heavy atom. The lowest BCUT2D eigenvalue weighted by Gasteiger charge is -2.13. The van der Waals surface area contributed by atoms with E-state index in [4.69, 9.17) is 9.47 Å². The number of para-hydroxylation sites is 2. The molecule has 0 aliphatic heterocycles. The first kappa shape index (κ1) is 18.8. The van der Waals surface area contributed by atoms with Crippen molar-refractivity contribution < 1.29 is 27.4 Å². The van der Waals surface area contributed by atoms with Gasteiger partial charge in [-0.3, -0.25) is 4.79 Å². The van der Waals surface area contributed by atoms with Crippen molar-refractivity contribution in [2.24, 2.45) is 0 Å². The lowest BCUT2D eigenvalue weighted by molar-refractivity contribution is -0.134. The third-order valence-electron chi connectivity index (χ3n) is 3.47. The molecule has 134 valence electrons. The molecule has 0 bridgehead atoms. The summed E-state index contributed by atoms with van der Waals surface area (Å²) in [5, 5.41) is 0. The molecule has 0 fully saturated rings. The number of alkyl halides is 3. The second-order valence-corrected chi connectivity index (χ2v) is 5.38. The van der Waals surface area contributed by atoms with E-state index in [0.29, 0.717) is 18.1 Å². The predicted octanol–water partition coefficient (Wildman–Crippen LogP) is 4.60. The number of hydrogen-bond donors (Lipinski definition) is 0. The van der Waals surface area contributed by atoms with Crippen LogP contribution in [0.1, 0.15) is 18.4 Å². The largest absolute Gasteiger partial charge is 0.490 e. The zero-order valence-electron chi connectivity index (χ0n) is 13.5. The molecule has 0 aliphatic rings. The number of halogens is 3. The number of rotatable bonds is 10. The summed E-state index contributed by atoms with van der Waals surface area (Å²) in [7, 11) is 0. The maximum Gasteiger partial charge on any atom is 0.298 e. The van der Waals surface area contributed by atoms with Crippen molar-refractivity contribution in [2.45, 2.75) is 32.0 Å². The molecule has 0 saturated carbocycles. The van der Waals surface area contributed by atoms with Gasteiger partial charge in [-0.15, -0.1) is 0 Å². The smallest absolute Gasteiger partial charge is 0.298 e. The van der Waals surface area contributed by atoms with Gasteiger partial charge in [0.25, 0.3) is 6.43 Å². The van der Waals surface area contributed by atoms with Crippen LogP contribution in [-0.4, -0.2) is 25.0 Å². The third kappa shape index (κ3) is 6.14. The minimum Gasteiger partial charge on any atom is -0.490 e. The van der Waals surface area contributed by atoms with Crippen LogP contribution in [-0.2, 0) is 11.4 Å². The number of carbonyl (C=O) groups excluding carboxylic acids is 1. The highest BCUT2D eigenvalue weighted by molar-refractivity contribution is 5.85. The molecule has 0 saturated heterocycles. The van der Waals surface area contributed by atoms with E-state index in [1.54, 1.807) is 24.3 Å². The summed E-state index contributed by atoms with van der Waals surface area (Å²) < 4.78 is 48.7. The van der Waals surface area contributed by atoms with Crippen molar-refractivity contribution in [1.82, 2.24) is 0 Å². The maximum atomic E-state index is 13.3. The number of Topliss-reactive ketones (excluding diaryl/α,β-unsaturated/α-hetero) is 1. The normalized spacial score (nSPS) is 12.0. The molecule has 0 heterocycles. The highest BCUT2D eigenvalue weighted by Gasteiger charge is 2.25. The molecule has 0 spiro atoms.